The van der Waals surface area contributed by atoms with Gasteiger partial charge in [-0.3, -0.25) is 14.4 Å². The van der Waals surface area contributed by atoms with Gasteiger partial charge in [-0.15, -0.1) is 10.2 Å². The number of aromatic hydroxyl groups is 1. The Bertz CT molecular complexity index is 1110. The minimum absolute atomic E-state index is 0.122. The Morgan fingerprint density at radius 2 is 1.83 bits per heavy atom. The van der Waals surface area contributed by atoms with E-state index in [0.29, 0.717) is 17.4 Å². The van der Waals surface area contributed by atoms with E-state index in [2.05, 4.69) is 15.5 Å². The molecule has 4 rings (SSSR count). The van der Waals surface area contributed by atoms with Crippen molar-refractivity contribution in [2.45, 2.75) is 33.9 Å². The first kappa shape index (κ1) is 18.9. The van der Waals surface area contributed by atoms with Gasteiger partial charge < -0.3 is 10.4 Å². The van der Waals surface area contributed by atoms with E-state index in [1.807, 2.05) is 62.6 Å². The predicted molar refractivity (Wildman–Crippen MR) is 110 cm³/mol. The maximum Gasteiger partial charge on any atom is 0.224 e. The molecule has 2 N–H and O–H groups in total. The number of aryl methyl sites for hydroxylation is 2. The topological polar surface area (TPSA) is 92.4 Å². The van der Waals surface area contributed by atoms with Crippen LogP contribution in [0.3, 0.4) is 0 Å². The van der Waals surface area contributed by atoms with Crippen molar-refractivity contribution in [2.75, 3.05) is 0 Å². The van der Waals surface area contributed by atoms with E-state index in [-0.39, 0.29) is 17.6 Å². The van der Waals surface area contributed by atoms with Crippen LogP contribution in [0, 0.1) is 19.8 Å². The number of rotatable bonds is 3. The highest BCUT2D eigenvalue weighted by Gasteiger charge is 2.29. The van der Waals surface area contributed by atoms with Crippen LogP contribution in [0.4, 0.5) is 0 Å². The molecule has 29 heavy (non-hydrogen) atoms. The van der Waals surface area contributed by atoms with E-state index < -0.39 is 6.17 Å². The molecule has 1 aromatic heterocycles. The number of hydrogen-bond donors (Lipinski definition) is 2. The molecule has 0 fully saturated rings. The molecule has 0 unspecified atom stereocenters. The molecule has 0 saturated heterocycles. The summed E-state index contributed by atoms with van der Waals surface area (Å²) in [7, 11) is 0. The molecule has 1 amide bonds. The summed E-state index contributed by atoms with van der Waals surface area (Å²) < 4.78 is 1.88. The van der Waals surface area contributed by atoms with Gasteiger partial charge in [-0.05, 0) is 32.0 Å². The maximum absolute atomic E-state index is 12.5. The second-order valence-corrected chi connectivity index (χ2v) is 7.55. The molecule has 1 aliphatic heterocycles. The van der Waals surface area contributed by atoms with Crippen molar-refractivity contribution in [3.8, 4) is 11.4 Å². The average Bonchev–Trinajstić information content (AvgIpc) is 3.00. The number of carbonyl (C=O) groups excluding carboxylic acids is 1. The molecule has 0 bridgehead atoms. The van der Waals surface area contributed by atoms with Crippen molar-refractivity contribution < 1.29 is 9.90 Å². The third-order valence-electron chi connectivity index (χ3n) is 4.96. The van der Waals surface area contributed by atoms with E-state index >= 15 is 0 Å². The molecule has 148 valence electrons. The largest absolute Gasteiger partial charge is 0.508 e. The standard InChI is InChI=1S/C22H23N5O2/c1-12(2)22(29)24-20-21-26-25-14(4)27(21)18-10-9-16(28)11-17(18)19(23-20)15-7-5-13(3)6-8-15/h5-12,20,28H,1-4H3,(H,24,29)/t20-/m0/s1. The van der Waals surface area contributed by atoms with Crippen LogP contribution in [-0.4, -0.2) is 31.5 Å². The summed E-state index contributed by atoms with van der Waals surface area (Å²) in [4.78, 5) is 17.4. The summed E-state index contributed by atoms with van der Waals surface area (Å²) in [6.07, 6.45) is -0.697. The zero-order valence-electron chi connectivity index (χ0n) is 16.8. The molecule has 2 aromatic carbocycles. The van der Waals surface area contributed by atoms with Gasteiger partial charge in [0.25, 0.3) is 0 Å². The molecule has 0 spiro atoms. The molecular weight excluding hydrogens is 366 g/mol. The minimum Gasteiger partial charge on any atom is -0.508 e. The highest BCUT2D eigenvalue weighted by molar-refractivity contribution is 6.15. The second-order valence-electron chi connectivity index (χ2n) is 7.55. The minimum atomic E-state index is -0.697. The van der Waals surface area contributed by atoms with Crippen LogP contribution >= 0.6 is 0 Å². The first-order valence-electron chi connectivity index (χ1n) is 9.56. The Labute approximate surface area is 169 Å². The first-order chi connectivity index (χ1) is 13.8. The molecule has 0 aliphatic carbocycles. The van der Waals surface area contributed by atoms with Gasteiger partial charge in [-0.1, -0.05) is 43.7 Å². The van der Waals surface area contributed by atoms with Gasteiger partial charge in [-0.2, -0.15) is 0 Å². The number of benzene rings is 2. The van der Waals surface area contributed by atoms with E-state index in [0.717, 1.165) is 22.4 Å². The lowest BCUT2D eigenvalue weighted by Crippen LogP contribution is -2.32. The lowest BCUT2D eigenvalue weighted by molar-refractivity contribution is -0.124. The smallest absolute Gasteiger partial charge is 0.224 e. The Hall–Kier alpha value is -3.48. The number of nitrogens with zero attached hydrogens (tertiary/aromatic N) is 4. The highest BCUT2D eigenvalue weighted by atomic mass is 16.3. The summed E-state index contributed by atoms with van der Waals surface area (Å²) in [6.45, 7) is 7.54. The number of phenolic OH excluding ortho intramolecular Hbond substituents is 1. The van der Waals surface area contributed by atoms with Crippen LogP contribution in [0.2, 0.25) is 0 Å². The predicted octanol–water partition coefficient (Wildman–Crippen LogP) is 3.21. The average molecular weight is 389 g/mol. The third kappa shape index (κ3) is 3.40. The number of nitrogens with one attached hydrogen (secondary N) is 1. The van der Waals surface area contributed by atoms with Crippen molar-refractivity contribution in [1.29, 1.82) is 0 Å². The number of hydrogen-bond acceptors (Lipinski definition) is 5. The number of amides is 1. The molecule has 7 nitrogen and oxygen atoms in total. The van der Waals surface area contributed by atoms with Crippen LogP contribution in [0.5, 0.6) is 5.75 Å². The normalized spacial score (nSPS) is 15.3. The van der Waals surface area contributed by atoms with Crippen LogP contribution in [-0.2, 0) is 4.79 Å². The van der Waals surface area contributed by atoms with Crippen molar-refractivity contribution >= 4 is 11.6 Å². The molecule has 3 aromatic rings. The monoisotopic (exact) mass is 389 g/mol. The van der Waals surface area contributed by atoms with Crippen molar-refractivity contribution in [1.82, 2.24) is 20.1 Å². The third-order valence-corrected chi connectivity index (χ3v) is 4.96. The van der Waals surface area contributed by atoms with Crippen LogP contribution in [0.15, 0.2) is 47.5 Å². The molecule has 2 heterocycles. The Balaban J connectivity index is 1.97. The van der Waals surface area contributed by atoms with Gasteiger partial charge in [0.15, 0.2) is 12.0 Å². The summed E-state index contributed by atoms with van der Waals surface area (Å²) in [5.41, 5.74) is 4.26. The van der Waals surface area contributed by atoms with Gasteiger partial charge in [-0.25, -0.2) is 0 Å². The van der Waals surface area contributed by atoms with Gasteiger partial charge in [0.2, 0.25) is 5.91 Å². The van der Waals surface area contributed by atoms with Gasteiger partial charge in [0, 0.05) is 17.0 Å². The van der Waals surface area contributed by atoms with Crippen LogP contribution < -0.4 is 5.32 Å². The first-order valence-corrected chi connectivity index (χ1v) is 9.56. The van der Waals surface area contributed by atoms with Crippen LogP contribution in [0.1, 0.15) is 48.4 Å². The number of phenols is 1. The van der Waals surface area contributed by atoms with Crippen LogP contribution in [0.25, 0.3) is 5.69 Å². The van der Waals surface area contributed by atoms with Crippen molar-refractivity contribution in [3.05, 3.63) is 70.8 Å². The van der Waals surface area contributed by atoms with Gasteiger partial charge in [0.05, 0.1) is 11.4 Å². The Kier molecular flexibility index (Phi) is 4.66. The number of aromatic nitrogens is 3. The maximum atomic E-state index is 12.5. The summed E-state index contributed by atoms with van der Waals surface area (Å²) in [5, 5.41) is 21.7. The Morgan fingerprint density at radius 3 is 2.52 bits per heavy atom. The molecule has 1 atom stereocenters. The van der Waals surface area contributed by atoms with E-state index in [9.17, 15) is 9.90 Å². The fourth-order valence-electron chi connectivity index (χ4n) is 3.36. The Morgan fingerprint density at radius 1 is 1.10 bits per heavy atom. The molecule has 0 saturated carbocycles. The molecule has 7 heteroatoms. The van der Waals surface area contributed by atoms with Crippen molar-refractivity contribution in [2.24, 2.45) is 10.9 Å². The highest BCUT2D eigenvalue weighted by Crippen LogP contribution is 2.32. The van der Waals surface area contributed by atoms with Gasteiger partial charge in [0.1, 0.15) is 11.6 Å². The lowest BCUT2D eigenvalue weighted by Gasteiger charge is -2.15. The second kappa shape index (κ2) is 7.16. The summed E-state index contributed by atoms with van der Waals surface area (Å²) in [5.74, 6) is 1.03. The zero-order chi connectivity index (χ0) is 20.7. The fourth-order valence-corrected chi connectivity index (χ4v) is 3.36. The van der Waals surface area contributed by atoms with Gasteiger partial charge >= 0.3 is 0 Å². The molecular formula is C22H23N5O2. The van der Waals surface area contributed by atoms with E-state index in [1.54, 1.807) is 12.1 Å². The SMILES string of the molecule is Cc1ccc(C2=N[C@@H](NC(=O)C(C)C)c3nnc(C)n3-c3ccc(O)cc32)cc1. The number of carbonyl (C=O) groups is 1. The summed E-state index contributed by atoms with van der Waals surface area (Å²) >= 11 is 0. The lowest BCUT2D eigenvalue weighted by atomic mass is 9.99. The summed E-state index contributed by atoms with van der Waals surface area (Å²) in [6, 6.07) is 13.1. The van der Waals surface area contributed by atoms with E-state index in [4.69, 9.17) is 4.99 Å². The molecule has 0 radical (unpaired) electrons. The fraction of sp³-hybridized carbons (Fsp3) is 0.273. The zero-order valence-corrected chi connectivity index (χ0v) is 16.8. The molecule has 1 aliphatic rings. The number of fused-ring (bicyclic) bond motifs is 3. The quantitative estimate of drug-likeness (QED) is 0.719. The number of aliphatic imine (C=N–C) groups is 1. The van der Waals surface area contributed by atoms with E-state index in [1.165, 1.54) is 0 Å². The van der Waals surface area contributed by atoms with Crippen molar-refractivity contribution in [3.63, 3.8) is 0 Å².